The van der Waals surface area contributed by atoms with Gasteiger partial charge in [0.25, 0.3) is 0 Å². The van der Waals surface area contributed by atoms with E-state index in [2.05, 4.69) is 3.63 Å². The summed E-state index contributed by atoms with van der Waals surface area (Å²) in [7, 11) is -11.0. The van der Waals surface area contributed by atoms with Crippen molar-refractivity contribution in [3.05, 3.63) is 66.2 Å². The van der Waals surface area contributed by atoms with Crippen molar-refractivity contribution in [2.75, 3.05) is 12.0 Å². The molecular formula is C19H15F9O4S2. The lowest BCUT2D eigenvalue weighted by molar-refractivity contribution is -0.382. The first-order valence-corrected chi connectivity index (χ1v) is 12.4. The summed E-state index contributed by atoms with van der Waals surface area (Å²) in [6.45, 7) is 0. The highest BCUT2D eigenvalue weighted by atomic mass is 32.3. The number of hydrogen-bond donors (Lipinski definition) is 0. The van der Waals surface area contributed by atoms with E-state index < -0.39 is 55.2 Å². The summed E-state index contributed by atoms with van der Waals surface area (Å²) < 4.78 is 148. The van der Waals surface area contributed by atoms with Crippen LogP contribution in [0.25, 0.3) is 0 Å². The van der Waals surface area contributed by atoms with E-state index in [1.807, 2.05) is 0 Å². The summed E-state index contributed by atoms with van der Waals surface area (Å²) >= 11 is 0. The van der Waals surface area contributed by atoms with Crippen LogP contribution in [-0.4, -0.2) is 49.5 Å². The number of carbonyl (C=O) groups is 1. The fourth-order valence-electron chi connectivity index (χ4n) is 2.57. The lowest BCUT2D eigenvalue weighted by Crippen LogP contribution is -2.63. The van der Waals surface area contributed by atoms with Gasteiger partial charge in [0, 0.05) is 10.5 Å². The van der Waals surface area contributed by atoms with Crippen molar-refractivity contribution in [2.24, 2.45) is 0 Å². The molecule has 0 aromatic heterocycles. The molecule has 0 aliphatic rings. The lowest BCUT2D eigenvalue weighted by Gasteiger charge is -2.38. The van der Waals surface area contributed by atoms with Gasteiger partial charge in [0.15, 0.2) is 5.78 Å². The van der Waals surface area contributed by atoms with Gasteiger partial charge in [-0.15, -0.1) is 0 Å². The normalized spacial score (nSPS) is 16.5. The summed E-state index contributed by atoms with van der Waals surface area (Å²) in [5.41, 5.74) is -0.0566. The topological polar surface area (TPSA) is 60.4 Å². The Bertz CT molecular complexity index is 1120. The molecule has 2 aromatic rings. The van der Waals surface area contributed by atoms with Crippen molar-refractivity contribution in [2.45, 2.75) is 28.2 Å². The van der Waals surface area contributed by atoms with Crippen LogP contribution in [0.15, 0.2) is 65.6 Å². The second kappa shape index (κ2) is 9.07. The average Bonchev–Trinajstić information content (AvgIpc) is 2.73. The van der Waals surface area contributed by atoms with Gasteiger partial charge >= 0.3 is 33.4 Å². The third-order valence-corrected chi connectivity index (χ3v) is 9.30. The Kier molecular flexibility index (Phi) is 7.47. The van der Waals surface area contributed by atoms with Crippen LogP contribution in [0.4, 0.5) is 39.5 Å². The van der Waals surface area contributed by atoms with Gasteiger partial charge in [0.05, 0.1) is 5.75 Å². The van der Waals surface area contributed by atoms with E-state index in [0.29, 0.717) is 0 Å². The molecule has 0 radical (unpaired) electrons. The third kappa shape index (κ3) is 4.91. The van der Waals surface area contributed by atoms with Crippen molar-refractivity contribution in [1.29, 1.82) is 0 Å². The molecule has 2 aromatic carbocycles. The first-order valence-electron chi connectivity index (χ1n) is 8.85. The Hall–Kier alpha value is -2.26. The molecule has 15 heteroatoms. The predicted octanol–water partition coefficient (Wildman–Crippen LogP) is 6.05. The molecular weight excluding hydrogens is 527 g/mol. The molecule has 34 heavy (non-hydrogen) atoms. The molecule has 0 spiro atoms. The SMILES string of the molecule is CS(CC(=O)c1ccccc1)(OS(=O)(=O)C(F)(F)C(F)(F)C(F)(F)C(F)(F)F)c1ccccc1. The molecule has 0 amide bonds. The fourth-order valence-corrected chi connectivity index (χ4v) is 7.01. The maximum absolute atomic E-state index is 14.2. The zero-order valence-corrected chi connectivity index (χ0v) is 18.5. The minimum Gasteiger partial charge on any atom is -0.293 e. The van der Waals surface area contributed by atoms with Gasteiger partial charge in [-0.25, -0.2) is 3.63 Å². The molecule has 0 N–H and O–H groups in total. The zero-order chi connectivity index (χ0) is 26.2. The standard InChI is InChI=1S/C19H15F9O4S2/c1-33(14-10-6-3-7-11-14,12-15(29)13-8-4-2-5-9-13)32-34(30,31)19(27,28)17(22,23)16(20,21)18(24,25)26/h2-11H,12H2,1H3. The van der Waals surface area contributed by atoms with Crippen molar-refractivity contribution in [3.63, 3.8) is 0 Å². The molecule has 0 saturated carbocycles. The first-order chi connectivity index (χ1) is 15.3. The number of halogens is 9. The number of carbonyl (C=O) groups excluding carboxylic acids is 1. The summed E-state index contributed by atoms with van der Waals surface area (Å²) in [5, 5.41) is -7.03. The van der Waals surface area contributed by atoms with Gasteiger partial charge < -0.3 is 0 Å². The number of benzene rings is 2. The molecule has 0 heterocycles. The summed E-state index contributed by atoms with van der Waals surface area (Å²) in [4.78, 5) is 12.3. The maximum atomic E-state index is 14.2. The Morgan fingerprint density at radius 1 is 0.765 bits per heavy atom. The van der Waals surface area contributed by atoms with Crippen LogP contribution >= 0.6 is 10.3 Å². The van der Waals surface area contributed by atoms with Gasteiger partial charge in [-0.1, -0.05) is 58.8 Å². The van der Waals surface area contributed by atoms with Gasteiger partial charge in [0.1, 0.15) is 0 Å². The van der Waals surface area contributed by atoms with E-state index >= 15 is 0 Å². The largest absolute Gasteiger partial charge is 0.460 e. The molecule has 4 nitrogen and oxygen atoms in total. The van der Waals surface area contributed by atoms with E-state index in [4.69, 9.17) is 0 Å². The Morgan fingerprint density at radius 2 is 1.21 bits per heavy atom. The fraction of sp³-hybridized carbons (Fsp3) is 0.316. The maximum Gasteiger partial charge on any atom is 0.460 e. The third-order valence-electron chi connectivity index (χ3n) is 4.41. The molecule has 0 saturated heterocycles. The molecule has 1 atom stereocenters. The number of rotatable bonds is 9. The van der Waals surface area contributed by atoms with Crippen molar-refractivity contribution in [1.82, 2.24) is 0 Å². The molecule has 0 bridgehead atoms. The minimum atomic E-state index is -7.45. The van der Waals surface area contributed by atoms with Crippen LogP contribution in [-0.2, 0) is 13.7 Å². The zero-order valence-electron chi connectivity index (χ0n) is 16.8. The van der Waals surface area contributed by atoms with Gasteiger partial charge in [0.2, 0.25) is 0 Å². The number of ketones is 1. The van der Waals surface area contributed by atoms with Gasteiger partial charge in [-0.05, 0) is 18.4 Å². The van der Waals surface area contributed by atoms with Gasteiger partial charge in [-0.2, -0.15) is 47.9 Å². The van der Waals surface area contributed by atoms with Crippen LogP contribution in [0.1, 0.15) is 10.4 Å². The van der Waals surface area contributed by atoms with Crippen LogP contribution in [0.5, 0.6) is 0 Å². The smallest absolute Gasteiger partial charge is 0.293 e. The second-order valence-electron chi connectivity index (χ2n) is 6.94. The highest BCUT2D eigenvalue weighted by Crippen LogP contribution is 2.60. The van der Waals surface area contributed by atoms with E-state index in [9.17, 15) is 52.7 Å². The van der Waals surface area contributed by atoms with E-state index in [0.717, 1.165) is 18.4 Å². The summed E-state index contributed by atoms with van der Waals surface area (Å²) in [6.07, 6.45) is -6.43. The number of alkyl halides is 9. The van der Waals surface area contributed by atoms with Crippen LogP contribution in [0.2, 0.25) is 0 Å². The highest BCUT2D eigenvalue weighted by Gasteiger charge is 2.86. The molecule has 2 rings (SSSR count). The van der Waals surface area contributed by atoms with Gasteiger partial charge in [-0.3, -0.25) is 4.79 Å². The van der Waals surface area contributed by atoms with E-state index in [1.54, 1.807) is 0 Å². The summed E-state index contributed by atoms with van der Waals surface area (Å²) in [5.74, 6) is -16.8. The molecule has 0 aliphatic carbocycles. The van der Waals surface area contributed by atoms with Crippen LogP contribution < -0.4 is 0 Å². The van der Waals surface area contributed by atoms with E-state index in [-0.39, 0.29) is 10.5 Å². The average molecular weight is 542 g/mol. The quantitative estimate of drug-likeness (QED) is 0.286. The van der Waals surface area contributed by atoms with E-state index in [1.165, 1.54) is 48.5 Å². The lowest BCUT2D eigenvalue weighted by atomic mass is 10.1. The first kappa shape index (κ1) is 28.0. The predicted molar refractivity (Wildman–Crippen MR) is 105 cm³/mol. The van der Waals surface area contributed by atoms with Crippen molar-refractivity contribution < 1.29 is 56.4 Å². The monoisotopic (exact) mass is 542 g/mol. The van der Waals surface area contributed by atoms with Crippen LogP contribution in [0.3, 0.4) is 0 Å². The Morgan fingerprint density at radius 3 is 1.65 bits per heavy atom. The molecule has 1 unspecified atom stereocenters. The van der Waals surface area contributed by atoms with Crippen molar-refractivity contribution in [3.8, 4) is 0 Å². The minimum absolute atomic E-state index is 0.0566. The Balaban J connectivity index is 2.56. The second-order valence-corrected chi connectivity index (χ2v) is 11.7. The molecule has 0 fully saturated rings. The molecule has 190 valence electrons. The Labute approximate surface area is 189 Å². The van der Waals surface area contributed by atoms with Crippen molar-refractivity contribution >= 4 is 26.2 Å². The number of Topliss-reactive ketones (excluding diaryl/α,β-unsaturated/α-hetero) is 1. The molecule has 0 aliphatic heterocycles. The number of hydrogen-bond acceptors (Lipinski definition) is 4. The summed E-state index contributed by atoms with van der Waals surface area (Å²) in [6, 6.07) is 12.9. The van der Waals surface area contributed by atoms with Crippen LogP contribution in [0, 0.1) is 0 Å². The highest BCUT2D eigenvalue weighted by molar-refractivity contribution is 8.33.